The second kappa shape index (κ2) is 9.75. The lowest BCUT2D eigenvalue weighted by molar-refractivity contribution is -0.151. The molecular weight excluding hydrogens is 250 g/mol. The van der Waals surface area contributed by atoms with Crippen LogP contribution < -0.4 is 0 Å². The third-order valence-corrected chi connectivity index (χ3v) is 2.37. The lowest BCUT2D eigenvalue weighted by Gasteiger charge is -2.25. The molecule has 1 N–H and O–H groups in total. The molecule has 0 rings (SSSR count). The summed E-state index contributed by atoms with van der Waals surface area (Å²) in [5.74, 6) is -1.11. The summed E-state index contributed by atoms with van der Waals surface area (Å²) < 4.78 is 10.5. The smallest absolute Gasteiger partial charge is 0.323 e. The van der Waals surface area contributed by atoms with Gasteiger partial charge in [0.05, 0.1) is 13.2 Å². The number of aliphatic carboxylic acids is 1. The molecule has 1 atom stereocenters. The van der Waals surface area contributed by atoms with E-state index in [0.29, 0.717) is 26.4 Å². The minimum Gasteiger partial charge on any atom is -0.480 e. The third-order valence-electron chi connectivity index (χ3n) is 2.37. The van der Waals surface area contributed by atoms with E-state index in [1.165, 1.54) is 4.90 Å². The number of rotatable bonds is 10. The van der Waals surface area contributed by atoms with Gasteiger partial charge in [0, 0.05) is 13.2 Å². The molecule has 0 aromatic carbocycles. The Morgan fingerprint density at radius 1 is 1.21 bits per heavy atom. The molecule has 6 heteroatoms. The van der Waals surface area contributed by atoms with Gasteiger partial charge in [-0.1, -0.05) is 13.8 Å². The summed E-state index contributed by atoms with van der Waals surface area (Å²) in [7, 11) is 0. The van der Waals surface area contributed by atoms with E-state index in [9.17, 15) is 9.59 Å². The maximum absolute atomic E-state index is 12.1. The van der Waals surface area contributed by atoms with E-state index in [1.54, 1.807) is 6.92 Å². The van der Waals surface area contributed by atoms with Gasteiger partial charge in [0.25, 0.3) is 5.91 Å². The van der Waals surface area contributed by atoms with E-state index in [4.69, 9.17) is 14.6 Å². The summed E-state index contributed by atoms with van der Waals surface area (Å²) in [6.45, 7) is 8.84. The first kappa shape index (κ1) is 17.9. The van der Waals surface area contributed by atoms with Gasteiger partial charge < -0.3 is 19.5 Å². The molecule has 0 saturated carbocycles. The molecule has 0 bridgehead atoms. The van der Waals surface area contributed by atoms with Crippen molar-refractivity contribution in [3.8, 4) is 0 Å². The van der Waals surface area contributed by atoms with E-state index in [0.717, 1.165) is 0 Å². The number of ether oxygens (including phenoxy) is 2. The van der Waals surface area contributed by atoms with Gasteiger partial charge in [-0.2, -0.15) is 0 Å². The molecule has 19 heavy (non-hydrogen) atoms. The quantitative estimate of drug-likeness (QED) is 0.602. The zero-order valence-electron chi connectivity index (χ0n) is 12.2. The van der Waals surface area contributed by atoms with Crippen LogP contribution in [0.25, 0.3) is 0 Å². The highest BCUT2D eigenvalue weighted by Gasteiger charge is 2.23. The highest BCUT2D eigenvalue weighted by Crippen LogP contribution is 2.04. The van der Waals surface area contributed by atoms with Crippen molar-refractivity contribution in [2.45, 2.75) is 33.8 Å². The van der Waals surface area contributed by atoms with Crippen molar-refractivity contribution in [1.82, 2.24) is 4.90 Å². The van der Waals surface area contributed by atoms with Crippen molar-refractivity contribution in [2.24, 2.45) is 5.92 Å². The number of hydrogen-bond donors (Lipinski definition) is 1. The number of carboxylic acid groups (broad SMARTS) is 1. The van der Waals surface area contributed by atoms with Gasteiger partial charge in [-0.15, -0.1) is 0 Å². The third kappa shape index (κ3) is 8.56. The van der Waals surface area contributed by atoms with Gasteiger partial charge in [-0.25, -0.2) is 0 Å². The topological polar surface area (TPSA) is 76.1 Å². The van der Waals surface area contributed by atoms with Crippen LogP contribution in [0.4, 0.5) is 0 Å². The van der Waals surface area contributed by atoms with E-state index in [2.05, 4.69) is 0 Å². The fourth-order valence-corrected chi connectivity index (χ4v) is 1.59. The van der Waals surface area contributed by atoms with Crippen molar-refractivity contribution >= 4 is 11.9 Å². The monoisotopic (exact) mass is 275 g/mol. The normalized spacial score (nSPS) is 12.5. The van der Waals surface area contributed by atoms with Crippen molar-refractivity contribution in [3.05, 3.63) is 0 Å². The maximum atomic E-state index is 12.1. The summed E-state index contributed by atoms with van der Waals surface area (Å²) in [6.07, 6.45) is -0.654. The molecule has 0 aromatic rings. The Balaban J connectivity index is 4.30. The first-order valence-electron chi connectivity index (χ1n) is 6.58. The lowest BCUT2D eigenvalue weighted by Crippen LogP contribution is -2.44. The largest absolute Gasteiger partial charge is 0.480 e. The van der Waals surface area contributed by atoms with Crippen LogP contribution in [0, 0.1) is 5.92 Å². The zero-order chi connectivity index (χ0) is 14.8. The van der Waals surface area contributed by atoms with E-state index in [-0.39, 0.29) is 18.4 Å². The number of hydrogen-bond acceptors (Lipinski definition) is 4. The Kier molecular flexibility index (Phi) is 9.16. The molecule has 0 aromatic heterocycles. The Hall–Kier alpha value is -1.14. The van der Waals surface area contributed by atoms with Gasteiger partial charge in [0.1, 0.15) is 12.6 Å². The molecule has 0 fully saturated rings. The van der Waals surface area contributed by atoms with Crippen molar-refractivity contribution in [1.29, 1.82) is 0 Å². The van der Waals surface area contributed by atoms with Gasteiger partial charge in [-0.3, -0.25) is 9.59 Å². The number of carbonyl (C=O) groups is 2. The van der Waals surface area contributed by atoms with Crippen molar-refractivity contribution in [3.63, 3.8) is 0 Å². The summed E-state index contributed by atoms with van der Waals surface area (Å²) in [5, 5.41) is 8.82. The fraction of sp³-hybridized carbons (Fsp3) is 0.846. The van der Waals surface area contributed by atoms with Gasteiger partial charge in [0.2, 0.25) is 0 Å². The highest BCUT2D eigenvalue weighted by atomic mass is 16.5. The summed E-state index contributed by atoms with van der Waals surface area (Å²) in [5.41, 5.74) is 0. The number of carbonyl (C=O) groups excluding carboxylic acids is 1. The summed E-state index contributed by atoms with van der Waals surface area (Å²) in [4.78, 5) is 24.2. The van der Waals surface area contributed by atoms with Crippen LogP contribution in [-0.4, -0.2) is 60.9 Å². The molecule has 0 spiro atoms. The lowest BCUT2D eigenvalue weighted by atomic mass is 10.2. The minimum atomic E-state index is -1.02. The van der Waals surface area contributed by atoms with Crippen LogP contribution >= 0.6 is 0 Å². The molecular formula is C13H25NO5. The molecule has 0 heterocycles. The van der Waals surface area contributed by atoms with Crippen molar-refractivity contribution in [2.75, 3.05) is 32.9 Å². The Morgan fingerprint density at radius 2 is 1.84 bits per heavy atom. The molecule has 0 aliphatic heterocycles. The van der Waals surface area contributed by atoms with Gasteiger partial charge >= 0.3 is 5.97 Å². The highest BCUT2D eigenvalue weighted by molar-refractivity contribution is 5.84. The average Bonchev–Trinajstić information content (AvgIpc) is 2.31. The Labute approximate surface area is 114 Å². The van der Waals surface area contributed by atoms with Gasteiger partial charge in [-0.05, 0) is 19.8 Å². The van der Waals surface area contributed by atoms with Crippen LogP contribution in [-0.2, 0) is 19.1 Å². The molecule has 6 nitrogen and oxygen atoms in total. The Bertz CT molecular complexity index is 280. The first-order chi connectivity index (χ1) is 8.88. The molecule has 0 aliphatic rings. The predicted molar refractivity (Wildman–Crippen MR) is 71.0 cm³/mol. The molecule has 1 amide bonds. The second-order valence-corrected chi connectivity index (χ2v) is 4.72. The molecule has 0 saturated heterocycles. The molecule has 112 valence electrons. The molecule has 0 radical (unpaired) electrons. The SMILES string of the molecule is CCOCCOC(C)C(=O)N(CC(=O)O)CC(C)C. The standard InChI is InChI=1S/C13H25NO5/c1-5-18-6-7-19-11(4)13(17)14(8-10(2)3)9-12(15)16/h10-11H,5-9H2,1-4H3,(H,15,16). The van der Waals surface area contributed by atoms with Gasteiger partial charge in [0.15, 0.2) is 0 Å². The van der Waals surface area contributed by atoms with Crippen molar-refractivity contribution < 1.29 is 24.2 Å². The van der Waals surface area contributed by atoms with E-state index in [1.807, 2.05) is 20.8 Å². The predicted octanol–water partition coefficient (Wildman–Crippen LogP) is 0.997. The van der Waals surface area contributed by atoms with Crippen LogP contribution in [0.1, 0.15) is 27.7 Å². The summed E-state index contributed by atoms with van der Waals surface area (Å²) in [6, 6.07) is 0. The van der Waals surface area contributed by atoms with E-state index >= 15 is 0 Å². The fourth-order valence-electron chi connectivity index (χ4n) is 1.59. The average molecular weight is 275 g/mol. The van der Waals surface area contributed by atoms with E-state index < -0.39 is 12.1 Å². The summed E-state index contributed by atoms with van der Waals surface area (Å²) >= 11 is 0. The minimum absolute atomic E-state index is 0.207. The molecule has 0 aliphatic carbocycles. The van der Waals surface area contributed by atoms with Crippen LogP contribution in [0.2, 0.25) is 0 Å². The van der Waals surface area contributed by atoms with Crippen LogP contribution in [0.3, 0.4) is 0 Å². The van der Waals surface area contributed by atoms with Crippen LogP contribution in [0.5, 0.6) is 0 Å². The second-order valence-electron chi connectivity index (χ2n) is 4.72. The van der Waals surface area contributed by atoms with Crippen LogP contribution in [0.15, 0.2) is 0 Å². The molecule has 1 unspecified atom stereocenters. The number of carboxylic acids is 1. The zero-order valence-corrected chi connectivity index (χ0v) is 12.2. The maximum Gasteiger partial charge on any atom is 0.323 e. The number of amides is 1. The Morgan fingerprint density at radius 3 is 2.32 bits per heavy atom. The first-order valence-corrected chi connectivity index (χ1v) is 6.58. The number of nitrogens with zero attached hydrogens (tertiary/aromatic N) is 1.